The van der Waals surface area contributed by atoms with Gasteiger partial charge in [0.1, 0.15) is 23.8 Å². The van der Waals surface area contributed by atoms with Gasteiger partial charge in [0.2, 0.25) is 0 Å². The molecule has 1 spiro atoms. The lowest BCUT2D eigenvalue weighted by Crippen LogP contribution is -2.63. The van der Waals surface area contributed by atoms with Crippen molar-refractivity contribution in [3.63, 3.8) is 0 Å². The fourth-order valence-electron chi connectivity index (χ4n) is 11.9. The van der Waals surface area contributed by atoms with Crippen molar-refractivity contribution in [1.29, 1.82) is 0 Å². The number of fused-ring (bicyclic) bond motifs is 2. The van der Waals surface area contributed by atoms with Gasteiger partial charge in [-0.3, -0.25) is 19.8 Å². The molecule has 2 aliphatic carbocycles. The lowest BCUT2D eigenvalue weighted by molar-refractivity contribution is -0.384. The van der Waals surface area contributed by atoms with Crippen LogP contribution in [0, 0.1) is 33.8 Å². The smallest absolute Gasteiger partial charge is 0.297 e. The Morgan fingerprint density at radius 3 is 2.49 bits per heavy atom. The molecule has 354 valence electrons. The molecule has 14 nitrogen and oxygen atoms in total. The predicted octanol–water partition coefficient (Wildman–Crippen LogP) is 10.4. The van der Waals surface area contributed by atoms with E-state index in [1.165, 1.54) is 36.5 Å². The summed E-state index contributed by atoms with van der Waals surface area (Å²) < 4.78 is 42.7. The number of likely N-dealkylation sites (tertiary alicyclic amines) is 1. The van der Waals surface area contributed by atoms with Crippen LogP contribution in [0.15, 0.2) is 77.8 Å². The number of amides is 1. The third-order valence-electron chi connectivity index (χ3n) is 15.7. The summed E-state index contributed by atoms with van der Waals surface area (Å²) in [6.45, 7) is 15.2. The van der Waals surface area contributed by atoms with Crippen LogP contribution in [0.5, 0.6) is 17.2 Å². The zero-order valence-electron chi connectivity index (χ0n) is 39.3. The molecule has 4 fully saturated rings. The number of piperidine rings is 1. The number of aryl methyl sites for hydroxylation is 1. The van der Waals surface area contributed by atoms with Gasteiger partial charge in [-0.1, -0.05) is 58.4 Å². The number of nitro benzene ring substituents is 1. The standard InChI is InChI=1S/C52H63N7O7S/c1-32(2)39-9-6-7-10-40(39)41-11-8-12-44(41)58-30-52(31-58)19-21-57(22-20-52)36-13-14-42(46(25-36)66-37-24-35-23-33(3)54-49(35)53-28-37)50(60)56-67(63,64)38-26-45(59(61)62)48-47(27-38)65-29-43(55-48)34-15-17-51(4,5)18-16-34/h6-7,9-10,13-14,23-28,32,34,41,43-44,55H,8,11-12,15-22,29-31H2,1-5H3,(H,53,54)(H,56,60)/t41-,43-,44-/m1/s1. The summed E-state index contributed by atoms with van der Waals surface area (Å²) in [5.74, 6) is 0.989. The molecule has 2 aromatic heterocycles. The van der Waals surface area contributed by atoms with Crippen LogP contribution in [-0.2, 0) is 10.0 Å². The molecule has 3 N–H and O–H groups in total. The molecule has 1 amide bonds. The number of aromatic nitrogens is 2. The molecule has 3 aliphatic heterocycles. The third-order valence-corrected chi connectivity index (χ3v) is 17.0. The Morgan fingerprint density at radius 1 is 0.985 bits per heavy atom. The number of carbonyl (C=O) groups excluding carboxylic acids is 1. The van der Waals surface area contributed by atoms with E-state index in [4.69, 9.17) is 9.47 Å². The topological polar surface area (TPSA) is 172 Å². The third kappa shape index (κ3) is 8.96. The molecular formula is C52H63N7O7S. The summed E-state index contributed by atoms with van der Waals surface area (Å²) in [5.41, 5.74) is 5.71. The lowest BCUT2D eigenvalue weighted by Gasteiger charge is -2.57. The normalized spacial score (nSPS) is 22.8. The first-order chi connectivity index (χ1) is 32.0. The van der Waals surface area contributed by atoms with Gasteiger partial charge in [0.25, 0.3) is 21.6 Å². The highest BCUT2D eigenvalue weighted by Crippen LogP contribution is 2.49. The number of hydrogen-bond acceptors (Lipinski definition) is 11. The van der Waals surface area contributed by atoms with Gasteiger partial charge in [0.15, 0.2) is 11.4 Å². The first-order valence-corrected chi connectivity index (χ1v) is 25.7. The highest BCUT2D eigenvalue weighted by molar-refractivity contribution is 7.90. The Kier molecular flexibility index (Phi) is 11.8. The van der Waals surface area contributed by atoms with Crippen molar-refractivity contribution in [2.24, 2.45) is 16.7 Å². The predicted molar refractivity (Wildman–Crippen MR) is 260 cm³/mol. The van der Waals surface area contributed by atoms with Crippen LogP contribution < -0.4 is 24.4 Å². The number of nitrogens with zero attached hydrogens (tertiary/aromatic N) is 4. The molecule has 5 heterocycles. The van der Waals surface area contributed by atoms with Crippen LogP contribution >= 0.6 is 0 Å². The molecule has 5 aromatic rings. The zero-order valence-corrected chi connectivity index (χ0v) is 40.1. The van der Waals surface area contributed by atoms with E-state index < -0.39 is 31.4 Å². The minimum atomic E-state index is -4.63. The van der Waals surface area contributed by atoms with Crippen molar-refractivity contribution in [2.75, 3.05) is 43.0 Å². The van der Waals surface area contributed by atoms with Gasteiger partial charge in [0.05, 0.1) is 27.6 Å². The van der Waals surface area contributed by atoms with Crippen molar-refractivity contribution in [3.05, 3.63) is 105 Å². The number of nitro groups is 1. The Hall–Kier alpha value is -5.67. The number of pyridine rings is 1. The largest absolute Gasteiger partial charge is 0.489 e. The number of nitrogens with one attached hydrogen (secondary N) is 3. The van der Waals surface area contributed by atoms with E-state index >= 15 is 0 Å². The van der Waals surface area contributed by atoms with Gasteiger partial charge in [-0.05, 0) is 122 Å². The molecule has 67 heavy (non-hydrogen) atoms. The van der Waals surface area contributed by atoms with E-state index in [0.29, 0.717) is 29.3 Å². The van der Waals surface area contributed by atoms with Crippen LogP contribution in [0.4, 0.5) is 17.1 Å². The number of benzene rings is 3. The summed E-state index contributed by atoms with van der Waals surface area (Å²) in [6.07, 6.45) is 11.4. The molecular weight excluding hydrogens is 867 g/mol. The highest BCUT2D eigenvalue weighted by Gasteiger charge is 2.49. The Morgan fingerprint density at radius 2 is 1.75 bits per heavy atom. The van der Waals surface area contributed by atoms with Crippen LogP contribution in [0.25, 0.3) is 11.0 Å². The van der Waals surface area contributed by atoms with Crippen LogP contribution in [0.2, 0.25) is 0 Å². The maximum atomic E-state index is 14.2. The number of hydrogen-bond donors (Lipinski definition) is 3. The van der Waals surface area contributed by atoms with E-state index in [2.05, 4.69) is 81.8 Å². The van der Waals surface area contributed by atoms with E-state index in [9.17, 15) is 23.3 Å². The summed E-state index contributed by atoms with van der Waals surface area (Å²) >= 11 is 0. The maximum absolute atomic E-state index is 14.2. The van der Waals surface area contributed by atoms with Crippen molar-refractivity contribution in [3.8, 4) is 17.2 Å². The summed E-state index contributed by atoms with van der Waals surface area (Å²) in [4.78, 5) is 38.3. The first-order valence-electron chi connectivity index (χ1n) is 24.2. The second-order valence-electron chi connectivity index (χ2n) is 21.2. The van der Waals surface area contributed by atoms with Gasteiger partial charge in [-0.25, -0.2) is 18.1 Å². The zero-order chi connectivity index (χ0) is 46.8. The van der Waals surface area contributed by atoms with E-state index in [0.717, 1.165) is 87.5 Å². The molecule has 15 heteroatoms. The number of H-pyrrole nitrogens is 1. The molecule has 0 radical (unpaired) electrons. The molecule has 0 bridgehead atoms. The molecule has 10 rings (SSSR count). The van der Waals surface area contributed by atoms with Crippen molar-refractivity contribution >= 4 is 44.0 Å². The van der Waals surface area contributed by atoms with Crippen LogP contribution in [0.3, 0.4) is 0 Å². The van der Waals surface area contributed by atoms with E-state index in [-0.39, 0.29) is 52.1 Å². The molecule has 3 atom stereocenters. The fourth-order valence-corrected chi connectivity index (χ4v) is 12.9. The van der Waals surface area contributed by atoms with Crippen LogP contribution in [-0.4, -0.2) is 79.0 Å². The van der Waals surface area contributed by atoms with E-state index in [1.54, 1.807) is 18.3 Å². The Balaban J connectivity index is 0.861. The van der Waals surface area contributed by atoms with Crippen molar-refractivity contribution in [2.45, 2.75) is 121 Å². The second kappa shape index (κ2) is 17.4. The van der Waals surface area contributed by atoms with Gasteiger partial charge < -0.3 is 24.7 Å². The summed E-state index contributed by atoms with van der Waals surface area (Å²) in [6, 6.07) is 20.7. The molecule has 5 aliphatic rings. The van der Waals surface area contributed by atoms with Crippen LogP contribution in [0.1, 0.15) is 124 Å². The number of sulfonamides is 1. The Bertz CT molecular complexity index is 2820. The quantitative estimate of drug-likeness (QED) is 0.0850. The minimum absolute atomic E-state index is 0.0187. The Labute approximate surface area is 393 Å². The summed E-state index contributed by atoms with van der Waals surface area (Å²) in [5, 5.41) is 16.6. The monoisotopic (exact) mass is 929 g/mol. The summed E-state index contributed by atoms with van der Waals surface area (Å²) in [7, 11) is -4.63. The van der Waals surface area contributed by atoms with Gasteiger partial charge in [0, 0.05) is 67.2 Å². The highest BCUT2D eigenvalue weighted by atomic mass is 32.2. The average molecular weight is 930 g/mol. The van der Waals surface area contributed by atoms with Gasteiger partial charge >= 0.3 is 0 Å². The average Bonchev–Trinajstić information content (AvgIpc) is 3.93. The number of anilines is 2. The second-order valence-corrected chi connectivity index (χ2v) is 22.9. The maximum Gasteiger partial charge on any atom is 0.297 e. The molecule has 3 aromatic carbocycles. The van der Waals surface area contributed by atoms with Crippen molar-refractivity contribution < 1.29 is 27.6 Å². The fraction of sp³-hybridized carbons (Fsp3) is 0.500. The number of ether oxygens (including phenoxy) is 2. The molecule has 2 saturated heterocycles. The molecule has 2 saturated carbocycles. The van der Waals surface area contributed by atoms with Gasteiger partial charge in [-0.15, -0.1) is 0 Å². The number of rotatable bonds is 11. The first kappa shape index (κ1) is 45.1. The van der Waals surface area contributed by atoms with Gasteiger partial charge in [-0.2, -0.15) is 0 Å². The van der Waals surface area contributed by atoms with E-state index in [1.807, 2.05) is 25.1 Å². The van der Waals surface area contributed by atoms with Crippen molar-refractivity contribution in [1.82, 2.24) is 19.6 Å². The minimum Gasteiger partial charge on any atom is -0.489 e. The number of carbonyl (C=O) groups is 1. The lowest BCUT2D eigenvalue weighted by atomic mass is 9.70. The molecule has 0 unspecified atom stereocenters. The number of aromatic amines is 1. The SMILES string of the molecule is Cc1cc2cc(Oc3cc(N4CCC5(CC4)CN([C@@H]4CCC[C@@H]4c4ccccc4C(C)C)C5)ccc3C(=O)NS(=O)(=O)c3cc4c(c([N+](=O)[O-])c3)N[C@@H](C3CCC(C)(C)CC3)CO4)cnc2[nH]1.